The van der Waals surface area contributed by atoms with E-state index >= 15 is 0 Å². The van der Waals surface area contributed by atoms with Crippen LogP contribution < -0.4 is 5.32 Å². The van der Waals surface area contributed by atoms with E-state index in [0.717, 1.165) is 6.04 Å². The van der Waals surface area contributed by atoms with Crippen LogP contribution in [0.15, 0.2) is 0 Å². The van der Waals surface area contributed by atoms with Crippen LogP contribution in [0.2, 0.25) is 0 Å². The van der Waals surface area contributed by atoms with E-state index < -0.39 is 0 Å². The molecule has 0 spiro atoms. The van der Waals surface area contributed by atoms with E-state index in [-0.39, 0.29) is 0 Å². The number of hydrogen-bond acceptors (Lipinski definition) is 2. The molecule has 0 heterocycles. The normalized spacial score (nSPS) is 12.9. The van der Waals surface area contributed by atoms with Crippen LogP contribution in [-0.2, 0) is 0 Å². The Hall–Kier alpha value is 0.310. The summed E-state index contributed by atoms with van der Waals surface area (Å²) in [6.45, 7) is 5.81. The highest BCUT2D eigenvalue weighted by atomic mass is 32.2. The zero-order valence-corrected chi connectivity index (χ0v) is 12.4. The fraction of sp³-hybridized carbons (Fsp3) is 1.00. The maximum Gasteiger partial charge on any atom is 0.00387 e. The summed E-state index contributed by atoms with van der Waals surface area (Å²) in [7, 11) is 0. The minimum Gasteiger partial charge on any atom is -0.314 e. The molecule has 0 aromatic heterocycles. The lowest BCUT2D eigenvalue weighted by Gasteiger charge is -2.13. The Morgan fingerprint density at radius 3 is 2.44 bits per heavy atom. The Morgan fingerprint density at radius 1 is 1.00 bits per heavy atom. The first kappa shape index (κ1) is 16.3. The van der Waals surface area contributed by atoms with Crippen LogP contribution in [0.1, 0.15) is 65.2 Å². The average Bonchev–Trinajstić information content (AvgIpc) is 2.28. The molecule has 0 bridgehead atoms. The lowest BCUT2D eigenvalue weighted by molar-refractivity contribution is 0.475. The maximum atomic E-state index is 3.63. The lowest BCUT2D eigenvalue weighted by atomic mass is 10.1. The molecule has 0 amide bonds. The van der Waals surface area contributed by atoms with E-state index in [4.69, 9.17) is 0 Å². The van der Waals surface area contributed by atoms with Gasteiger partial charge < -0.3 is 5.32 Å². The summed E-state index contributed by atoms with van der Waals surface area (Å²) >= 11 is 1.97. The second-order valence-corrected chi connectivity index (χ2v) is 5.74. The highest BCUT2D eigenvalue weighted by Gasteiger charge is 1.99. The summed E-state index contributed by atoms with van der Waals surface area (Å²) < 4.78 is 0. The molecular formula is C14H31NS. The molecule has 0 aliphatic rings. The molecule has 1 N–H and O–H groups in total. The lowest BCUT2D eigenvalue weighted by Crippen LogP contribution is -2.26. The third-order valence-electron chi connectivity index (χ3n) is 3.01. The van der Waals surface area contributed by atoms with Gasteiger partial charge in [0.15, 0.2) is 0 Å². The number of hydrogen-bond donors (Lipinski definition) is 1. The van der Waals surface area contributed by atoms with Gasteiger partial charge in [-0.05, 0) is 44.7 Å². The number of unbranched alkanes of at least 4 members (excludes halogenated alkanes) is 5. The van der Waals surface area contributed by atoms with Gasteiger partial charge in [0.1, 0.15) is 0 Å². The largest absolute Gasteiger partial charge is 0.314 e. The van der Waals surface area contributed by atoms with Gasteiger partial charge >= 0.3 is 0 Å². The van der Waals surface area contributed by atoms with Crippen molar-refractivity contribution in [2.75, 3.05) is 18.6 Å². The third kappa shape index (κ3) is 12.4. The predicted molar refractivity (Wildman–Crippen MR) is 78.5 cm³/mol. The van der Waals surface area contributed by atoms with Crippen molar-refractivity contribution in [3.63, 3.8) is 0 Å². The van der Waals surface area contributed by atoms with Gasteiger partial charge in [0.25, 0.3) is 0 Å². The van der Waals surface area contributed by atoms with E-state index in [1.807, 2.05) is 11.8 Å². The average molecular weight is 245 g/mol. The molecule has 0 aromatic carbocycles. The van der Waals surface area contributed by atoms with Crippen molar-refractivity contribution in [3.05, 3.63) is 0 Å². The van der Waals surface area contributed by atoms with Crippen LogP contribution in [0.3, 0.4) is 0 Å². The molecule has 0 fully saturated rings. The fourth-order valence-electron chi connectivity index (χ4n) is 1.88. The fourth-order valence-corrected chi connectivity index (χ4v) is 2.37. The first-order valence-corrected chi connectivity index (χ1v) is 8.43. The van der Waals surface area contributed by atoms with Gasteiger partial charge in [-0.25, -0.2) is 0 Å². The van der Waals surface area contributed by atoms with Crippen molar-refractivity contribution in [3.8, 4) is 0 Å². The number of rotatable bonds is 12. The van der Waals surface area contributed by atoms with Crippen LogP contribution in [-0.4, -0.2) is 24.6 Å². The quantitative estimate of drug-likeness (QED) is 0.509. The zero-order valence-electron chi connectivity index (χ0n) is 11.6. The molecule has 0 saturated heterocycles. The van der Waals surface area contributed by atoms with E-state index in [9.17, 15) is 0 Å². The molecule has 1 unspecified atom stereocenters. The molecule has 0 rings (SSSR count). The summed E-state index contributed by atoms with van der Waals surface area (Å²) in [5.74, 6) is 1.33. The van der Waals surface area contributed by atoms with Crippen LogP contribution in [0, 0.1) is 0 Å². The SMILES string of the molecule is CCCCCC(C)NCCCCCCSC. The molecule has 98 valence electrons. The second-order valence-electron chi connectivity index (χ2n) is 4.76. The van der Waals surface area contributed by atoms with Crippen molar-refractivity contribution >= 4 is 11.8 Å². The Balaban J connectivity index is 3.06. The van der Waals surface area contributed by atoms with Gasteiger partial charge in [-0.2, -0.15) is 11.8 Å². The number of nitrogens with one attached hydrogen (secondary N) is 1. The van der Waals surface area contributed by atoms with E-state index in [1.165, 1.54) is 63.7 Å². The van der Waals surface area contributed by atoms with Crippen LogP contribution >= 0.6 is 11.8 Å². The second kappa shape index (κ2) is 13.4. The van der Waals surface area contributed by atoms with Crippen molar-refractivity contribution in [1.29, 1.82) is 0 Å². The van der Waals surface area contributed by atoms with Gasteiger partial charge in [-0.15, -0.1) is 0 Å². The van der Waals surface area contributed by atoms with E-state index in [2.05, 4.69) is 25.4 Å². The van der Waals surface area contributed by atoms with Gasteiger partial charge in [-0.3, -0.25) is 0 Å². The first-order valence-electron chi connectivity index (χ1n) is 7.03. The summed E-state index contributed by atoms with van der Waals surface area (Å²) in [5.41, 5.74) is 0. The van der Waals surface area contributed by atoms with Crippen molar-refractivity contribution in [1.82, 2.24) is 5.32 Å². The molecule has 16 heavy (non-hydrogen) atoms. The summed E-state index contributed by atoms with van der Waals surface area (Å²) in [6.07, 6.45) is 13.2. The monoisotopic (exact) mass is 245 g/mol. The van der Waals surface area contributed by atoms with E-state index in [1.54, 1.807) is 0 Å². The van der Waals surface area contributed by atoms with Crippen LogP contribution in [0.4, 0.5) is 0 Å². The van der Waals surface area contributed by atoms with Crippen molar-refractivity contribution in [2.45, 2.75) is 71.3 Å². The van der Waals surface area contributed by atoms with Gasteiger partial charge in [0.2, 0.25) is 0 Å². The first-order chi connectivity index (χ1) is 7.81. The highest BCUT2D eigenvalue weighted by molar-refractivity contribution is 7.98. The van der Waals surface area contributed by atoms with Crippen molar-refractivity contribution in [2.24, 2.45) is 0 Å². The van der Waals surface area contributed by atoms with Gasteiger partial charge in [0, 0.05) is 6.04 Å². The number of thioether (sulfide) groups is 1. The maximum absolute atomic E-state index is 3.63. The zero-order chi connectivity index (χ0) is 12.1. The Bertz CT molecular complexity index is 128. The van der Waals surface area contributed by atoms with Crippen LogP contribution in [0.25, 0.3) is 0 Å². The van der Waals surface area contributed by atoms with Crippen LogP contribution in [0.5, 0.6) is 0 Å². The summed E-state index contributed by atoms with van der Waals surface area (Å²) in [5, 5.41) is 3.63. The molecule has 0 saturated carbocycles. The smallest absolute Gasteiger partial charge is 0.00387 e. The van der Waals surface area contributed by atoms with Gasteiger partial charge in [-0.1, -0.05) is 39.0 Å². The molecule has 0 radical (unpaired) electrons. The highest BCUT2D eigenvalue weighted by Crippen LogP contribution is 2.05. The summed E-state index contributed by atoms with van der Waals surface area (Å²) in [6, 6.07) is 0.720. The Morgan fingerprint density at radius 2 is 1.75 bits per heavy atom. The Labute approximate surface area is 107 Å². The molecule has 1 atom stereocenters. The predicted octanol–water partition coefficient (Wildman–Crippen LogP) is 4.47. The topological polar surface area (TPSA) is 12.0 Å². The molecule has 1 nitrogen and oxygen atoms in total. The standard InChI is InChI=1S/C14H31NS/c1-4-5-8-11-14(2)15-12-9-6-7-10-13-16-3/h14-15H,4-13H2,1-3H3. The molecule has 0 aromatic rings. The molecule has 0 aliphatic heterocycles. The minimum atomic E-state index is 0.720. The van der Waals surface area contributed by atoms with Crippen molar-refractivity contribution < 1.29 is 0 Å². The molecule has 2 heteroatoms. The molecular weight excluding hydrogens is 214 g/mol. The van der Waals surface area contributed by atoms with Gasteiger partial charge in [0.05, 0.1) is 0 Å². The molecule has 0 aliphatic carbocycles. The summed E-state index contributed by atoms with van der Waals surface area (Å²) in [4.78, 5) is 0. The third-order valence-corrected chi connectivity index (χ3v) is 3.71. The Kier molecular flexibility index (Phi) is 13.6. The minimum absolute atomic E-state index is 0.720. The van der Waals surface area contributed by atoms with E-state index in [0.29, 0.717) is 0 Å².